The molecule has 0 heterocycles. The van der Waals surface area contributed by atoms with Crippen molar-refractivity contribution in [2.24, 2.45) is 0 Å². The minimum absolute atomic E-state index is 0.00746. The van der Waals surface area contributed by atoms with E-state index in [0.717, 1.165) is 27.8 Å². The first-order valence-corrected chi connectivity index (χ1v) is 12.3. The predicted octanol–water partition coefficient (Wildman–Crippen LogP) is 6.40. The Balaban J connectivity index is 1.28. The van der Waals surface area contributed by atoms with Gasteiger partial charge in [0.15, 0.2) is 0 Å². The van der Waals surface area contributed by atoms with Crippen LogP contribution in [0.25, 0.3) is 22.3 Å². The Hall–Kier alpha value is -4.34. The highest BCUT2D eigenvalue weighted by Gasteiger charge is 2.19. The average molecular weight is 529 g/mol. The third-order valence-electron chi connectivity index (χ3n) is 6.01. The van der Waals surface area contributed by atoms with E-state index < -0.39 is 11.9 Å². The minimum atomic E-state index is -1.21. The van der Waals surface area contributed by atoms with Gasteiger partial charge in [-0.25, -0.2) is 24.3 Å². The maximum Gasteiger partial charge on any atom is 0.339 e. The summed E-state index contributed by atoms with van der Waals surface area (Å²) in [5, 5.41) is 18.4. The molecule has 0 unspecified atom stereocenters. The van der Waals surface area contributed by atoms with Crippen molar-refractivity contribution in [2.75, 3.05) is 13.2 Å². The molecule has 0 saturated heterocycles. The van der Waals surface area contributed by atoms with Crippen molar-refractivity contribution in [1.29, 1.82) is 0 Å². The van der Waals surface area contributed by atoms with Gasteiger partial charge in [0.2, 0.25) is 0 Å². The van der Waals surface area contributed by atoms with Gasteiger partial charge >= 0.3 is 11.9 Å². The fourth-order valence-corrected chi connectivity index (χ4v) is 4.02. The second kappa shape index (κ2) is 14.0. The molecule has 0 bridgehead atoms. The van der Waals surface area contributed by atoms with Crippen LogP contribution in [-0.2, 0) is 32.6 Å². The molecule has 200 valence electrons. The Morgan fingerprint density at radius 3 is 1.90 bits per heavy atom. The van der Waals surface area contributed by atoms with Gasteiger partial charge in [0.05, 0.1) is 24.3 Å². The highest BCUT2D eigenvalue weighted by molar-refractivity contribution is 6.03. The van der Waals surface area contributed by atoms with Crippen LogP contribution < -0.4 is 0 Å². The second-order valence-corrected chi connectivity index (χ2v) is 8.63. The Labute approximate surface area is 225 Å². The summed E-state index contributed by atoms with van der Waals surface area (Å²) in [5.41, 5.74) is 5.00. The van der Waals surface area contributed by atoms with Crippen LogP contribution in [0.5, 0.6) is 0 Å². The van der Waals surface area contributed by atoms with E-state index in [1.165, 1.54) is 12.1 Å². The molecule has 2 N–H and O–H groups in total. The van der Waals surface area contributed by atoms with E-state index in [1.54, 1.807) is 6.07 Å². The van der Waals surface area contributed by atoms with Gasteiger partial charge in [0.1, 0.15) is 13.2 Å². The van der Waals surface area contributed by atoms with E-state index >= 15 is 0 Å². The fraction of sp³-hybridized carbons (Fsp3) is 0.161. The molecule has 0 amide bonds. The summed E-state index contributed by atoms with van der Waals surface area (Å²) in [6.45, 7) is 0.290. The first-order chi connectivity index (χ1) is 19.1. The number of carboxylic acids is 1. The SMILES string of the molecule is O=C(O)c1ccc(-c2ccccc2)cc1C(=O)OCCCOOCc1cc(-c2ccccc2)ccc1COO. The number of esters is 1. The average Bonchev–Trinajstić information content (AvgIpc) is 2.98. The number of rotatable bonds is 13. The summed E-state index contributed by atoms with van der Waals surface area (Å²) in [5.74, 6) is -1.93. The Bertz CT molecular complexity index is 1390. The number of hydrogen-bond acceptors (Lipinski definition) is 7. The molecule has 39 heavy (non-hydrogen) atoms. The maximum atomic E-state index is 12.7. The summed E-state index contributed by atoms with van der Waals surface area (Å²) in [6, 6.07) is 29.5. The first-order valence-electron chi connectivity index (χ1n) is 12.3. The van der Waals surface area contributed by atoms with Crippen molar-refractivity contribution in [2.45, 2.75) is 19.6 Å². The summed E-state index contributed by atoms with van der Waals surface area (Å²) in [7, 11) is 0. The number of aromatic carboxylic acids is 1. The molecule has 0 saturated carbocycles. The fourth-order valence-electron chi connectivity index (χ4n) is 4.02. The van der Waals surface area contributed by atoms with E-state index in [4.69, 9.17) is 19.8 Å². The molecular formula is C31H28O8. The standard InChI is InChI=1S/C31H28O8/c32-30(33)28-15-14-25(23-10-5-2-6-11-23)19-29(28)31(34)36-16-7-17-38-39-21-27-18-24(12-13-26(27)20-37-35)22-8-3-1-4-9-22/h1-6,8-15,18-19,35H,7,16-17,20-21H2,(H,32,33). The van der Waals surface area contributed by atoms with Gasteiger partial charge in [-0.05, 0) is 51.6 Å². The number of hydrogen-bond donors (Lipinski definition) is 2. The smallest absolute Gasteiger partial charge is 0.339 e. The van der Waals surface area contributed by atoms with Crippen molar-refractivity contribution in [3.05, 3.63) is 119 Å². The van der Waals surface area contributed by atoms with Crippen molar-refractivity contribution >= 4 is 11.9 Å². The van der Waals surface area contributed by atoms with Crippen molar-refractivity contribution in [3.63, 3.8) is 0 Å². The van der Waals surface area contributed by atoms with E-state index in [0.29, 0.717) is 12.0 Å². The lowest BCUT2D eigenvalue weighted by atomic mass is 9.99. The van der Waals surface area contributed by atoms with Gasteiger partial charge in [0, 0.05) is 6.42 Å². The highest BCUT2D eigenvalue weighted by Crippen LogP contribution is 2.25. The molecule has 8 nitrogen and oxygen atoms in total. The third kappa shape index (κ3) is 7.59. The Morgan fingerprint density at radius 1 is 0.615 bits per heavy atom. The van der Waals surface area contributed by atoms with E-state index in [2.05, 4.69) is 4.89 Å². The minimum Gasteiger partial charge on any atom is -0.478 e. The van der Waals surface area contributed by atoms with Crippen molar-refractivity contribution in [3.8, 4) is 22.3 Å². The largest absolute Gasteiger partial charge is 0.478 e. The van der Waals surface area contributed by atoms with Gasteiger partial charge in [-0.1, -0.05) is 78.9 Å². The van der Waals surface area contributed by atoms with Gasteiger partial charge in [-0.15, -0.1) is 0 Å². The van der Waals surface area contributed by atoms with Crippen LogP contribution in [0.2, 0.25) is 0 Å². The first kappa shape index (κ1) is 27.7. The number of benzene rings is 4. The number of carbonyl (C=O) groups is 2. The monoisotopic (exact) mass is 528 g/mol. The Morgan fingerprint density at radius 2 is 1.26 bits per heavy atom. The van der Waals surface area contributed by atoms with Crippen LogP contribution in [0.3, 0.4) is 0 Å². The van der Waals surface area contributed by atoms with Crippen molar-refractivity contribution < 1.29 is 39.4 Å². The van der Waals surface area contributed by atoms with Gasteiger partial charge < -0.3 is 9.84 Å². The molecule has 0 atom stereocenters. The van der Waals surface area contributed by atoms with E-state index in [9.17, 15) is 14.7 Å². The molecule has 4 aromatic rings. The van der Waals surface area contributed by atoms with Gasteiger partial charge in [-0.2, -0.15) is 0 Å². The zero-order valence-corrected chi connectivity index (χ0v) is 21.1. The molecule has 0 spiro atoms. The highest BCUT2D eigenvalue weighted by atomic mass is 17.2. The second-order valence-electron chi connectivity index (χ2n) is 8.63. The molecule has 8 heteroatoms. The van der Waals surface area contributed by atoms with Crippen LogP contribution in [0.4, 0.5) is 0 Å². The molecule has 0 aromatic heterocycles. The summed E-state index contributed by atoms with van der Waals surface area (Å²) in [4.78, 5) is 39.2. The molecule has 4 aromatic carbocycles. The number of carbonyl (C=O) groups excluding carboxylic acids is 1. The topological polar surface area (TPSA) is 112 Å². The lowest BCUT2D eigenvalue weighted by molar-refractivity contribution is -0.305. The predicted molar refractivity (Wildman–Crippen MR) is 144 cm³/mol. The zero-order chi connectivity index (χ0) is 27.5. The molecular weight excluding hydrogens is 500 g/mol. The lowest BCUT2D eigenvalue weighted by Gasteiger charge is -2.12. The maximum absolute atomic E-state index is 12.7. The molecule has 4 rings (SSSR count). The molecule has 0 fully saturated rings. The number of ether oxygens (including phenoxy) is 1. The van der Waals surface area contributed by atoms with Crippen LogP contribution in [-0.4, -0.2) is 35.5 Å². The summed E-state index contributed by atoms with van der Waals surface area (Å²) >= 11 is 0. The van der Waals surface area contributed by atoms with Gasteiger partial charge in [-0.3, -0.25) is 5.26 Å². The van der Waals surface area contributed by atoms with E-state index in [-0.39, 0.29) is 37.6 Å². The summed E-state index contributed by atoms with van der Waals surface area (Å²) in [6.07, 6.45) is 0.336. The lowest BCUT2D eigenvalue weighted by Crippen LogP contribution is -2.13. The van der Waals surface area contributed by atoms with Crippen molar-refractivity contribution in [1.82, 2.24) is 0 Å². The van der Waals surface area contributed by atoms with Crippen LogP contribution in [0, 0.1) is 0 Å². The Kier molecular flexibility index (Phi) is 9.93. The van der Waals surface area contributed by atoms with Crippen LogP contribution >= 0.6 is 0 Å². The normalized spacial score (nSPS) is 10.8. The summed E-state index contributed by atoms with van der Waals surface area (Å²) < 4.78 is 5.31. The quantitative estimate of drug-likeness (QED) is 0.0887. The molecule has 0 radical (unpaired) electrons. The van der Waals surface area contributed by atoms with Gasteiger partial charge in [0.25, 0.3) is 0 Å². The molecule has 0 aliphatic carbocycles. The van der Waals surface area contributed by atoms with Crippen LogP contribution in [0.15, 0.2) is 97.1 Å². The van der Waals surface area contributed by atoms with Crippen LogP contribution in [0.1, 0.15) is 38.3 Å². The third-order valence-corrected chi connectivity index (χ3v) is 6.01. The zero-order valence-electron chi connectivity index (χ0n) is 21.1. The molecule has 0 aliphatic rings. The molecule has 0 aliphatic heterocycles. The number of carboxylic acid groups (broad SMARTS) is 1. The van der Waals surface area contributed by atoms with E-state index in [1.807, 2.05) is 78.9 Å².